The number of thiocarbonyl (C=S) groups is 1. The van der Waals surface area contributed by atoms with Gasteiger partial charge < -0.3 is 9.47 Å². The van der Waals surface area contributed by atoms with Crippen molar-refractivity contribution in [2.45, 2.75) is 45.1 Å². The molecule has 2 aliphatic rings. The number of ether oxygens (including phenoxy) is 2. The molecule has 1 aromatic carbocycles. The fourth-order valence-corrected chi connectivity index (χ4v) is 4.45. The summed E-state index contributed by atoms with van der Waals surface area (Å²) in [5.41, 5.74) is 0.810. The maximum Gasteiger partial charge on any atom is 0.326 e. The van der Waals surface area contributed by atoms with Crippen LogP contribution in [0, 0.1) is 0 Å². The summed E-state index contributed by atoms with van der Waals surface area (Å²) in [5, 5.41) is 0. The lowest BCUT2D eigenvalue weighted by molar-refractivity contribution is -0.152. The fourth-order valence-electron chi connectivity index (χ4n) is 3.20. The predicted molar refractivity (Wildman–Crippen MR) is 110 cm³/mol. The molecule has 0 N–H and O–H groups in total. The third-order valence-corrected chi connectivity index (χ3v) is 5.89. The van der Waals surface area contributed by atoms with Crippen LogP contribution in [0.5, 0.6) is 5.75 Å². The zero-order chi connectivity index (χ0) is 19.2. The molecular formula is C20H23NO4S2. The second-order valence-electron chi connectivity index (χ2n) is 6.49. The van der Waals surface area contributed by atoms with E-state index in [4.69, 9.17) is 21.7 Å². The minimum atomic E-state index is -0.394. The van der Waals surface area contributed by atoms with E-state index in [0.717, 1.165) is 31.2 Å². The molecule has 0 bridgehead atoms. The van der Waals surface area contributed by atoms with Crippen molar-refractivity contribution in [1.82, 2.24) is 4.90 Å². The molecule has 0 spiro atoms. The molecule has 1 heterocycles. The van der Waals surface area contributed by atoms with Gasteiger partial charge in [-0.1, -0.05) is 48.6 Å². The van der Waals surface area contributed by atoms with E-state index in [2.05, 4.69) is 0 Å². The Balaban J connectivity index is 1.67. The van der Waals surface area contributed by atoms with Gasteiger partial charge in [-0.3, -0.25) is 14.5 Å². The van der Waals surface area contributed by atoms with Crippen molar-refractivity contribution in [2.24, 2.45) is 0 Å². The standard InChI is InChI=1S/C20H23NO4S2/c1-2-24-16-11-7-6-8-14(16)12-17-19(23)21(20(26)27-17)13-18(22)25-15-9-4-3-5-10-15/h6-8,11-12,15H,2-5,9-10,13H2,1H3/b17-12+. The summed E-state index contributed by atoms with van der Waals surface area (Å²) in [6.45, 7) is 2.32. The van der Waals surface area contributed by atoms with E-state index in [1.165, 1.54) is 23.1 Å². The molecule has 144 valence electrons. The van der Waals surface area contributed by atoms with Crippen molar-refractivity contribution in [3.63, 3.8) is 0 Å². The number of amides is 1. The number of para-hydroxylation sites is 1. The summed E-state index contributed by atoms with van der Waals surface area (Å²) in [6, 6.07) is 7.51. The number of carbonyl (C=O) groups is 2. The van der Waals surface area contributed by atoms with E-state index in [1.807, 2.05) is 31.2 Å². The lowest BCUT2D eigenvalue weighted by Gasteiger charge is -2.23. The van der Waals surface area contributed by atoms with Gasteiger partial charge in [0.2, 0.25) is 0 Å². The Morgan fingerprint density at radius 3 is 2.78 bits per heavy atom. The second-order valence-corrected chi connectivity index (χ2v) is 8.16. The van der Waals surface area contributed by atoms with Gasteiger partial charge in [0, 0.05) is 5.56 Å². The minimum absolute atomic E-state index is 0.0294. The lowest BCUT2D eigenvalue weighted by Crippen LogP contribution is -2.36. The van der Waals surface area contributed by atoms with Gasteiger partial charge >= 0.3 is 5.97 Å². The lowest BCUT2D eigenvalue weighted by atomic mass is 9.98. The zero-order valence-corrected chi connectivity index (χ0v) is 16.9. The smallest absolute Gasteiger partial charge is 0.326 e. The monoisotopic (exact) mass is 405 g/mol. The second kappa shape index (κ2) is 9.37. The highest BCUT2D eigenvalue weighted by molar-refractivity contribution is 8.26. The largest absolute Gasteiger partial charge is 0.493 e. The van der Waals surface area contributed by atoms with Gasteiger partial charge in [0.05, 0.1) is 11.5 Å². The van der Waals surface area contributed by atoms with Crippen LogP contribution >= 0.6 is 24.0 Å². The van der Waals surface area contributed by atoms with Gasteiger partial charge in [0.25, 0.3) is 5.91 Å². The molecule has 7 heteroatoms. The van der Waals surface area contributed by atoms with Crippen molar-refractivity contribution < 1.29 is 19.1 Å². The molecule has 27 heavy (non-hydrogen) atoms. The molecule has 0 unspecified atom stereocenters. The molecule has 0 atom stereocenters. The summed E-state index contributed by atoms with van der Waals surface area (Å²) >= 11 is 6.50. The Labute approximate surface area is 169 Å². The maximum absolute atomic E-state index is 12.7. The first kappa shape index (κ1) is 19.9. The number of nitrogens with zero attached hydrogens (tertiary/aromatic N) is 1. The molecule has 1 aliphatic heterocycles. The van der Waals surface area contributed by atoms with Gasteiger partial charge in [-0.2, -0.15) is 0 Å². The summed E-state index contributed by atoms with van der Waals surface area (Å²) < 4.78 is 11.5. The van der Waals surface area contributed by atoms with E-state index in [-0.39, 0.29) is 18.6 Å². The Morgan fingerprint density at radius 2 is 2.04 bits per heavy atom. The molecule has 1 saturated carbocycles. The third-order valence-electron chi connectivity index (χ3n) is 4.52. The van der Waals surface area contributed by atoms with Crippen LogP contribution < -0.4 is 4.74 Å². The van der Waals surface area contributed by atoms with Gasteiger partial charge in [-0.05, 0) is 44.7 Å². The molecule has 3 rings (SSSR count). The van der Waals surface area contributed by atoms with Gasteiger partial charge in [-0.25, -0.2) is 0 Å². The fraction of sp³-hybridized carbons (Fsp3) is 0.450. The Hall–Kier alpha value is -1.86. The first-order valence-electron chi connectivity index (χ1n) is 9.25. The first-order valence-corrected chi connectivity index (χ1v) is 10.5. The summed E-state index contributed by atoms with van der Waals surface area (Å²) in [4.78, 5) is 26.8. The SMILES string of the molecule is CCOc1ccccc1/C=C1/SC(=S)N(CC(=O)OC2CCCCC2)C1=O. The van der Waals surface area contributed by atoms with Crippen LogP contribution in [0.15, 0.2) is 29.2 Å². The van der Waals surface area contributed by atoms with Crippen LogP contribution in [-0.2, 0) is 14.3 Å². The van der Waals surface area contributed by atoms with E-state index < -0.39 is 5.97 Å². The number of hydrogen-bond donors (Lipinski definition) is 0. The van der Waals surface area contributed by atoms with Gasteiger partial charge in [-0.15, -0.1) is 0 Å². The van der Waals surface area contributed by atoms with E-state index in [0.29, 0.717) is 21.6 Å². The number of hydrogen-bond acceptors (Lipinski definition) is 6. The number of carbonyl (C=O) groups excluding carboxylic acids is 2. The zero-order valence-electron chi connectivity index (χ0n) is 15.3. The average molecular weight is 406 g/mol. The van der Waals surface area contributed by atoms with Crippen LogP contribution in [0.25, 0.3) is 6.08 Å². The molecule has 0 radical (unpaired) electrons. The number of esters is 1. The van der Waals surface area contributed by atoms with Crippen LogP contribution in [0.1, 0.15) is 44.6 Å². The van der Waals surface area contributed by atoms with E-state index >= 15 is 0 Å². The van der Waals surface area contributed by atoms with Crippen molar-refractivity contribution in [3.05, 3.63) is 34.7 Å². The molecule has 1 aliphatic carbocycles. The van der Waals surface area contributed by atoms with Gasteiger partial charge in [0.1, 0.15) is 22.7 Å². The molecule has 1 amide bonds. The third kappa shape index (κ3) is 5.11. The average Bonchev–Trinajstić information content (AvgIpc) is 2.92. The summed E-state index contributed by atoms with van der Waals surface area (Å²) in [6.07, 6.45) is 6.89. The van der Waals surface area contributed by atoms with Crippen LogP contribution in [0.2, 0.25) is 0 Å². The van der Waals surface area contributed by atoms with Gasteiger partial charge in [0.15, 0.2) is 0 Å². The molecule has 0 aromatic heterocycles. The Morgan fingerprint density at radius 1 is 1.30 bits per heavy atom. The van der Waals surface area contributed by atoms with E-state index in [9.17, 15) is 9.59 Å². The van der Waals surface area contributed by atoms with Crippen LogP contribution in [0.3, 0.4) is 0 Å². The normalized spacial score (nSPS) is 19.6. The molecular weight excluding hydrogens is 382 g/mol. The highest BCUT2D eigenvalue weighted by atomic mass is 32.2. The topological polar surface area (TPSA) is 55.8 Å². The Bertz CT molecular complexity index is 756. The molecule has 2 fully saturated rings. The highest BCUT2D eigenvalue weighted by Crippen LogP contribution is 2.34. The van der Waals surface area contributed by atoms with Crippen molar-refractivity contribution >= 4 is 46.3 Å². The number of rotatable bonds is 6. The molecule has 1 saturated heterocycles. The van der Waals surface area contributed by atoms with Crippen molar-refractivity contribution in [3.8, 4) is 5.75 Å². The number of benzene rings is 1. The first-order chi connectivity index (χ1) is 13.1. The van der Waals surface area contributed by atoms with Crippen LogP contribution in [0.4, 0.5) is 0 Å². The van der Waals surface area contributed by atoms with Crippen LogP contribution in [-0.4, -0.2) is 40.4 Å². The highest BCUT2D eigenvalue weighted by Gasteiger charge is 2.34. The van der Waals surface area contributed by atoms with E-state index in [1.54, 1.807) is 6.08 Å². The maximum atomic E-state index is 12.7. The van der Waals surface area contributed by atoms with Crippen molar-refractivity contribution in [1.29, 1.82) is 0 Å². The predicted octanol–water partition coefficient (Wildman–Crippen LogP) is 4.16. The summed E-state index contributed by atoms with van der Waals surface area (Å²) in [5.74, 6) is 0.0491. The summed E-state index contributed by atoms with van der Waals surface area (Å²) in [7, 11) is 0. The quantitative estimate of drug-likeness (QED) is 0.402. The number of thioether (sulfide) groups is 1. The minimum Gasteiger partial charge on any atom is -0.493 e. The molecule has 1 aromatic rings. The molecule has 5 nitrogen and oxygen atoms in total. The Kier molecular flexibility index (Phi) is 6.90. The van der Waals surface area contributed by atoms with Crippen molar-refractivity contribution in [2.75, 3.05) is 13.2 Å².